The van der Waals surface area contributed by atoms with Gasteiger partial charge in [0.2, 0.25) is 0 Å². The number of allylic oxidation sites excluding steroid dienone is 3. The predicted octanol–water partition coefficient (Wildman–Crippen LogP) is 5.88. The summed E-state index contributed by atoms with van der Waals surface area (Å²) in [6.45, 7) is 18.8. The van der Waals surface area contributed by atoms with E-state index in [4.69, 9.17) is 17.2 Å². The molecule has 26 heavy (non-hydrogen) atoms. The zero-order valence-corrected chi connectivity index (χ0v) is 17.8. The Hall–Kier alpha value is -1.16. The molecule has 6 N–H and O–H groups in total. The van der Waals surface area contributed by atoms with Crippen molar-refractivity contribution in [2.24, 2.45) is 17.2 Å². The summed E-state index contributed by atoms with van der Waals surface area (Å²) in [5.74, 6) is 0. The molecule has 0 fully saturated rings. The van der Waals surface area contributed by atoms with Crippen molar-refractivity contribution in [2.75, 3.05) is 19.6 Å². The van der Waals surface area contributed by atoms with Crippen molar-refractivity contribution < 1.29 is 0 Å². The number of hydrogen-bond donors (Lipinski definition) is 3. The summed E-state index contributed by atoms with van der Waals surface area (Å²) in [5.41, 5.74) is 15.5. The molecule has 3 nitrogen and oxygen atoms in total. The lowest BCUT2D eigenvalue weighted by Gasteiger charge is -1.91. The maximum atomic E-state index is 5.23. The summed E-state index contributed by atoms with van der Waals surface area (Å²) in [5, 5.41) is 0. The van der Waals surface area contributed by atoms with E-state index in [9.17, 15) is 0 Å². The van der Waals surface area contributed by atoms with E-state index in [0.717, 1.165) is 51.7 Å². The normalized spacial score (nSPS) is 8.46. The summed E-state index contributed by atoms with van der Waals surface area (Å²) in [4.78, 5) is 0. The van der Waals surface area contributed by atoms with Gasteiger partial charge in [-0.25, -0.2) is 0 Å². The van der Waals surface area contributed by atoms with Crippen molar-refractivity contribution in [1.82, 2.24) is 0 Å². The Kier molecular flexibility index (Phi) is 54.8. The summed E-state index contributed by atoms with van der Waals surface area (Å²) in [7, 11) is 0. The fourth-order valence-electron chi connectivity index (χ4n) is 1.53. The summed E-state index contributed by atoms with van der Waals surface area (Å²) < 4.78 is 0. The van der Waals surface area contributed by atoms with Gasteiger partial charge in [0.05, 0.1) is 0 Å². The van der Waals surface area contributed by atoms with E-state index in [-0.39, 0.29) is 0 Å². The average molecular weight is 368 g/mol. The second-order valence-corrected chi connectivity index (χ2v) is 5.80. The topological polar surface area (TPSA) is 78.1 Å². The smallest absolute Gasteiger partial charge is 0.00427 e. The molecule has 0 unspecified atom stereocenters. The maximum absolute atomic E-state index is 5.23. The van der Waals surface area contributed by atoms with Crippen LogP contribution in [0.25, 0.3) is 0 Å². The van der Waals surface area contributed by atoms with Gasteiger partial charge in [0.1, 0.15) is 0 Å². The Morgan fingerprint density at radius 3 is 1.19 bits per heavy atom. The van der Waals surface area contributed by atoms with Crippen LogP contribution in [0.3, 0.4) is 0 Å². The van der Waals surface area contributed by atoms with Crippen LogP contribution in [0.1, 0.15) is 77.6 Å². The fourth-order valence-corrected chi connectivity index (χ4v) is 1.53. The standard InChI is InChI=1S/C8H16.C6H13N.C5H11N.C4H9N/c1-3-5-7-8-6-4-2;1-2-3-4-5-6-7;1-2-3-4-5-6;1-2-3-4-5/h3H,1,4-8H2,2H3;2H,1,3-7H2;2H,1,3-6H2;2H,1,3-5H2. The Balaban J connectivity index is -0.000000126. The highest BCUT2D eigenvalue weighted by atomic mass is 14.5. The van der Waals surface area contributed by atoms with Crippen molar-refractivity contribution in [3.8, 4) is 0 Å². The Labute approximate surface area is 165 Å². The van der Waals surface area contributed by atoms with Crippen LogP contribution < -0.4 is 17.2 Å². The minimum absolute atomic E-state index is 0.726. The summed E-state index contributed by atoms with van der Waals surface area (Å²) >= 11 is 0. The monoisotopic (exact) mass is 367 g/mol. The molecule has 3 heteroatoms. The van der Waals surface area contributed by atoms with Gasteiger partial charge < -0.3 is 17.2 Å². The van der Waals surface area contributed by atoms with Crippen molar-refractivity contribution in [3.63, 3.8) is 0 Å². The molecule has 0 spiro atoms. The number of rotatable bonds is 14. The Morgan fingerprint density at radius 1 is 0.500 bits per heavy atom. The van der Waals surface area contributed by atoms with Gasteiger partial charge in [-0.15, -0.1) is 26.3 Å². The first-order valence-corrected chi connectivity index (χ1v) is 10.2. The number of hydrogen-bond acceptors (Lipinski definition) is 3. The van der Waals surface area contributed by atoms with E-state index < -0.39 is 0 Å². The highest BCUT2D eigenvalue weighted by Gasteiger charge is 1.81. The van der Waals surface area contributed by atoms with Crippen molar-refractivity contribution in [3.05, 3.63) is 50.6 Å². The first-order chi connectivity index (χ1) is 12.7. The highest BCUT2D eigenvalue weighted by Crippen LogP contribution is 2.01. The van der Waals surface area contributed by atoms with Gasteiger partial charge in [0, 0.05) is 0 Å². The molecule has 0 aliphatic heterocycles. The zero-order chi connectivity index (χ0) is 20.7. The molecule has 0 aromatic heterocycles. The molecule has 0 aromatic rings. The van der Waals surface area contributed by atoms with Crippen molar-refractivity contribution >= 4 is 0 Å². The van der Waals surface area contributed by atoms with Crippen LogP contribution >= 0.6 is 0 Å². The predicted molar refractivity (Wildman–Crippen MR) is 124 cm³/mol. The van der Waals surface area contributed by atoms with Gasteiger partial charge in [-0.1, -0.05) is 50.5 Å². The largest absolute Gasteiger partial charge is 0.330 e. The van der Waals surface area contributed by atoms with Crippen LogP contribution in [0.5, 0.6) is 0 Å². The summed E-state index contributed by atoms with van der Waals surface area (Å²) in [6, 6.07) is 0. The molecular formula is C23H49N3. The molecule has 0 saturated heterocycles. The molecule has 0 heterocycles. The maximum Gasteiger partial charge on any atom is -0.00427 e. The number of nitrogens with two attached hydrogens (primary N) is 3. The van der Waals surface area contributed by atoms with E-state index in [1.807, 2.05) is 18.2 Å². The number of unbranched alkanes of at least 4 members (excludes halogenated alkanes) is 7. The van der Waals surface area contributed by atoms with Crippen LogP contribution in [0.2, 0.25) is 0 Å². The van der Waals surface area contributed by atoms with E-state index in [0.29, 0.717) is 0 Å². The minimum Gasteiger partial charge on any atom is -0.330 e. The third-order valence-corrected chi connectivity index (χ3v) is 3.11. The molecule has 0 amide bonds. The third-order valence-electron chi connectivity index (χ3n) is 3.11. The highest BCUT2D eigenvalue weighted by molar-refractivity contribution is 4.66. The van der Waals surface area contributed by atoms with Gasteiger partial charge >= 0.3 is 0 Å². The quantitative estimate of drug-likeness (QED) is 0.265. The third kappa shape index (κ3) is 66.1. The van der Waals surface area contributed by atoms with E-state index in [2.05, 4.69) is 33.2 Å². The lowest BCUT2D eigenvalue weighted by molar-refractivity contribution is 0.675. The minimum atomic E-state index is 0.726. The van der Waals surface area contributed by atoms with E-state index >= 15 is 0 Å². The van der Waals surface area contributed by atoms with Crippen LogP contribution in [-0.4, -0.2) is 19.6 Å². The van der Waals surface area contributed by atoms with Crippen molar-refractivity contribution in [2.45, 2.75) is 77.6 Å². The SMILES string of the molecule is C=CCCCCCC.C=CCCCCN.C=CCCCN.C=CCCN. The summed E-state index contributed by atoms with van der Waals surface area (Å²) in [6.07, 6.45) is 20.7. The molecule has 0 bridgehead atoms. The first kappa shape index (κ1) is 32.5. The van der Waals surface area contributed by atoms with Crippen LogP contribution in [-0.2, 0) is 0 Å². The second kappa shape index (κ2) is 43.9. The molecule has 0 radical (unpaired) electrons. The fraction of sp³-hybridized carbons (Fsp3) is 0.652. The molecular weight excluding hydrogens is 318 g/mol. The molecule has 0 aliphatic rings. The lowest BCUT2D eigenvalue weighted by atomic mass is 10.2. The molecule has 0 rings (SSSR count). The van der Waals surface area contributed by atoms with Crippen LogP contribution in [0.4, 0.5) is 0 Å². The lowest BCUT2D eigenvalue weighted by Crippen LogP contribution is -1.96. The second-order valence-electron chi connectivity index (χ2n) is 5.80. The molecule has 156 valence electrons. The van der Waals surface area contributed by atoms with Gasteiger partial charge in [0.15, 0.2) is 0 Å². The van der Waals surface area contributed by atoms with Gasteiger partial charge in [-0.05, 0) is 71.0 Å². The van der Waals surface area contributed by atoms with E-state index in [1.165, 1.54) is 38.5 Å². The van der Waals surface area contributed by atoms with Crippen LogP contribution in [0, 0.1) is 0 Å². The Bertz CT molecular complexity index is 250. The Morgan fingerprint density at radius 2 is 0.923 bits per heavy atom. The van der Waals surface area contributed by atoms with E-state index in [1.54, 1.807) is 6.08 Å². The van der Waals surface area contributed by atoms with Crippen molar-refractivity contribution in [1.29, 1.82) is 0 Å². The zero-order valence-electron chi connectivity index (χ0n) is 17.8. The van der Waals surface area contributed by atoms with Gasteiger partial charge in [-0.3, -0.25) is 0 Å². The van der Waals surface area contributed by atoms with Gasteiger partial charge in [0.25, 0.3) is 0 Å². The average Bonchev–Trinajstić information content (AvgIpc) is 2.66. The van der Waals surface area contributed by atoms with Gasteiger partial charge in [-0.2, -0.15) is 0 Å². The molecule has 0 saturated carbocycles. The molecule has 0 aliphatic carbocycles. The molecule has 0 atom stereocenters. The molecule has 0 aromatic carbocycles. The first-order valence-electron chi connectivity index (χ1n) is 10.2. The van der Waals surface area contributed by atoms with Crippen LogP contribution in [0.15, 0.2) is 50.6 Å².